The molecule has 2 heterocycles. The Balaban J connectivity index is 1.81. The monoisotopic (exact) mass is 572 g/mol. The van der Waals surface area contributed by atoms with E-state index in [4.69, 9.17) is 14.2 Å². The highest BCUT2D eigenvalue weighted by Gasteiger charge is 2.28. The van der Waals surface area contributed by atoms with Crippen LogP contribution in [0.15, 0.2) is 42.6 Å². The number of nitrogens with zero attached hydrogens (tertiary/aromatic N) is 3. The number of carbonyl (C=O) groups is 2. The number of amides is 1. The van der Waals surface area contributed by atoms with E-state index in [-0.39, 0.29) is 28.5 Å². The van der Waals surface area contributed by atoms with Crippen LogP contribution < -0.4 is 14.4 Å². The lowest BCUT2D eigenvalue weighted by atomic mass is 10.2. The Labute approximate surface area is 234 Å². The number of rotatable bonds is 11. The van der Waals surface area contributed by atoms with Gasteiger partial charge < -0.3 is 19.5 Å². The molecule has 0 aliphatic heterocycles. The summed E-state index contributed by atoms with van der Waals surface area (Å²) in [5.74, 6) is -0.345. The third-order valence-electron chi connectivity index (χ3n) is 5.84. The number of anilines is 1. The number of alkyl carbamates (subject to hydrolysis) is 1. The van der Waals surface area contributed by atoms with Crippen molar-refractivity contribution in [3.63, 3.8) is 0 Å². The van der Waals surface area contributed by atoms with Gasteiger partial charge in [0.15, 0.2) is 17.3 Å². The number of unbranched alkanes of at least 4 members (excludes halogenated alkanes) is 2. The lowest BCUT2D eigenvalue weighted by molar-refractivity contribution is 0.0525. The van der Waals surface area contributed by atoms with Crippen molar-refractivity contribution in [3.8, 4) is 11.5 Å². The van der Waals surface area contributed by atoms with Gasteiger partial charge in [0, 0.05) is 25.2 Å². The lowest BCUT2D eigenvalue weighted by Gasteiger charge is -2.22. The number of aryl methyl sites for hydroxylation is 1. The molecule has 0 spiro atoms. The summed E-state index contributed by atoms with van der Waals surface area (Å²) in [5, 5.41) is 3.06. The molecular weight excluding hydrogens is 536 g/mol. The predicted molar refractivity (Wildman–Crippen MR) is 152 cm³/mol. The van der Waals surface area contributed by atoms with Crippen molar-refractivity contribution in [1.29, 1.82) is 0 Å². The minimum absolute atomic E-state index is 0.0345. The normalized spacial score (nSPS) is 11.7. The number of nitrogens with one attached hydrogen (secondary N) is 1. The molecule has 0 bridgehead atoms. The van der Waals surface area contributed by atoms with Gasteiger partial charge in [0.2, 0.25) is 10.0 Å². The van der Waals surface area contributed by atoms with Gasteiger partial charge in [0.25, 0.3) is 0 Å². The molecule has 3 aromatic rings. The van der Waals surface area contributed by atoms with Crippen molar-refractivity contribution in [2.75, 3.05) is 30.8 Å². The van der Waals surface area contributed by atoms with Crippen LogP contribution >= 0.6 is 0 Å². The summed E-state index contributed by atoms with van der Waals surface area (Å²) >= 11 is 0. The van der Waals surface area contributed by atoms with Crippen LogP contribution in [-0.2, 0) is 19.5 Å². The highest BCUT2D eigenvalue weighted by Crippen LogP contribution is 2.37. The van der Waals surface area contributed by atoms with Crippen LogP contribution in [0.3, 0.4) is 0 Å². The van der Waals surface area contributed by atoms with Gasteiger partial charge >= 0.3 is 12.1 Å². The molecule has 216 valence electrons. The Kier molecular flexibility index (Phi) is 9.91. The summed E-state index contributed by atoms with van der Waals surface area (Å²) in [7, 11) is -1.23. The Morgan fingerprint density at radius 2 is 1.77 bits per heavy atom. The minimum atomic E-state index is -3.82. The zero-order valence-corrected chi connectivity index (χ0v) is 24.5. The molecule has 1 amide bonds. The van der Waals surface area contributed by atoms with Crippen molar-refractivity contribution in [2.24, 2.45) is 0 Å². The third kappa shape index (κ3) is 7.81. The van der Waals surface area contributed by atoms with E-state index in [2.05, 4.69) is 15.3 Å². The van der Waals surface area contributed by atoms with Gasteiger partial charge in [-0.2, -0.15) is 0 Å². The number of pyridine rings is 2. The van der Waals surface area contributed by atoms with Crippen LogP contribution in [0.2, 0.25) is 0 Å². The summed E-state index contributed by atoms with van der Waals surface area (Å²) < 4.78 is 43.8. The molecule has 2 aromatic heterocycles. The largest absolute Gasteiger partial charge is 0.464 e. The van der Waals surface area contributed by atoms with Crippen LogP contribution in [0.4, 0.5) is 10.6 Å². The molecule has 11 nitrogen and oxygen atoms in total. The number of hydrogen-bond acceptors (Lipinski definition) is 9. The van der Waals surface area contributed by atoms with Crippen LogP contribution in [0.5, 0.6) is 11.5 Å². The number of aromatic nitrogens is 2. The maximum atomic E-state index is 13.3. The second kappa shape index (κ2) is 12.9. The van der Waals surface area contributed by atoms with Gasteiger partial charge in [-0.25, -0.2) is 23.0 Å². The van der Waals surface area contributed by atoms with E-state index >= 15 is 0 Å². The van der Waals surface area contributed by atoms with Crippen LogP contribution in [0.1, 0.15) is 56.1 Å². The number of para-hydroxylation sites is 1. The first-order chi connectivity index (χ1) is 18.8. The number of benzene rings is 1. The SMILES string of the molecule is COC(=O)c1nc(N(C)S(=O)(=O)CCCCCNC(=O)OC(C)(C)C)c2cccnc2c1Oc1ccccc1C. The number of ether oxygens (including phenoxy) is 3. The highest BCUT2D eigenvalue weighted by atomic mass is 32.2. The molecule has 0 radical (unpaired) electrons. The van der Waals surface area contributed by atoms with Crippen molar-refractivity contribution >= 4 is 38.8 Å². The molecule has 0 unspecified atom stereocenters. The van der Waals surface area contributed by atoms with Gasteiger partial charge in [0.1, 0.15) is 16.9 Å². The first-order valence-corrected chi connectivity index (χ1v) is 14.5. The summed E-state index contributed by atoms with van der Waals surface area (Å²) in [6, 6.07) is 10.6. The van der Waals surface area contributed by atoms with Crippen molar-refractivity contribution < 1.29 is 32.2 Å². The zero-order chi connectivity index (χ0) is 29.5. The smallest absolute Gasteiger partial charge is 0.407 e. The summed E-state index contributed by atoms with van der Waals surface area (Å²) in [6.45, 7) is 7.56. The molecule has 12 heteroatoms. The van der Waals surface area contributed by atoms with E-state index in [0.717, 1.165) is 9.87 Å². The van der Waals surface area contributed by atoms with Gasteiger partial charge in [0.05, 0.1) is 12.9 Å². The number of sulfonamides is 1. The number of methoxy groups -OCH3 is 1. The topological polar surface area (TPSA) is 137 Å². The first-order valence-electron chi connectivity index (χ1n) is 12.9. The fraction of sp³-hybridized carbons (Fsp3) is 0.429. The molecule has 0 aliphatic rings. The molecule has 0 fully saturated rings. The van der Waals surface area contributed by atoms with Gasteiger partial charge in [-0.15, -0.1) is 0 Å². The number of esters is 1. The Hall–Kier alpha value is -3.93. The molecule has 0 aliphatic carbocycles. The van der Waals surface area contributed by atoms with Gasteiger partial charge in [-0.05, 0) is 64.3 Å². The molecule has 1 N–H and O–H groups in total. The fourth-order valence-corrected chi connectivity index (χ4v) is 5.05. The van der Waals surface area contributed by atoms with Crippen LogP contribution in [0.25, 0.3) is 10.9 Å². The molecule has 1 aromatic carbocycles. The average Bonchev–Trinajstić information content (AvgIpc) is 2.90. The fourth-order valence-electron chi connectivity index (χ4n) is 3.81. The zero-order valence-electron chi connectivity index (χ0n) is 23.7. The second-order valence-electron chi connectivity index (χ2n) is 10.1. The van der Waals surface area contributed by atoms with Gasteiger partial charge in [-0.1, -0.05) is 24.6 Å². The molecule has 0 saturated heterocycles. The summed E-state index contributed by atoms with van der Waals surface area (Å²) in [4.78, 5) is 33.3. The molecule has 0 atom stereocenters. The maximum Gasteiger partial charge on any atom is 0.407 e. The molecule has 3 rings (SSSR count). The van der Waals surface area contributed by atoms with E-state index in [1.54, 1.807) is 45.0 Å². The van der Waals surface area contributed by atoms with Gasteiger partial charge in [-0.3, -0.25) is 9.29 Å². The minimum Gasteiger partial charge on any atom is -0.464 e. The van der Waals surface area contributed by atoms with E-state index in [9.17, 15) is 18.0 Å². The Morgan fingerprint density at radius 3 is 2.45 bits per heavy atom. The Bertz CT molecular complexity index is 1470. The maximum absolute atomic E-state index is 13.3. The average molecular weight is 573 g/mol. The second-order valence-corrected chi connectivity index (χ2v) is 12.3. The van der Waals surface area contributed by atoms with Crippen LogP contribution in [0, 0.1) is 6.92 Å². The first kappa shape index (κ1) is 30.6. The standard InChI is InChI=1S/C28H36N4O7S/c1-19-13-8-9-15-21(19)38-24-22-20(14-12-17-29-22)25(31-23(24)26(33)37-6)32(5)40(35,36)18-11-7-10-16-30-27(34)39-28(2,3)4/h8-9,12-15,17H,7,10-11,16,18H2,1-6H3,(H,30,34). The highest BCUT2D eigenvalue weighted by molar-refractivity contribution is 7.92. The Morgan fingerprint density at radius 1 is 1.05 bits per heavy atom. The molecular formula is C28H36N4O7S. The summed E-state index contributed by atoms with van der Waals surface area (Å²) in [5.41, 5.74) is 0.316. The number of fused-ring (bicyclic) bond motifs is 1. The number of hydrogen-bond donors (Lipinski definition) is 1. The van der Waals surface area contributed by atoms with Crippen molar-refractivity contribution in [1.82, 2.24) is 15.3 Å². The lowest BCUT2D eigenvalue weighted by Crippen LogP contribution is -2.33. The molecule has 0 saturated carbocycles. The molecule has 40 heavy (non-hydrogen) atoms. The third-order valence-corrected chi connectivity index (χ3v) is 7.66. The van der Waals surface area contributed by atoms with E-state index in [1.165, 1.54) is 20.4 Å². The van der Waals surface area contributed by atoms with Crippen molar-refractivity contribution in [3.05, 3.63) is 53.9 Å². The van der Waals surface area contributed by atoms with E-state index in [1.807, 2.05) is 19.1 Å². The van der Waals surface area contributed by atoms with E-state index in [0.29, 0.717) is 36.9 Å². The summed E-state index contributed by atoms with van der Waals surface area (Å²) in [6.07, 6.45) is 2.52. The predicted octanol–water partition coefficient (Wildman–Crippen LogP) is 4.98. The van der Waals surface area contributed by atoms with E-state index < -0.39 is 27.7 Å². The number of carbonyl (C=O) groups excluding carboxylic acids is 2. The quantitative estimate of drug-likeness (QED) is 0.249. The van der Waals surface area contributed by atoms with Crippen LogP contribution in [-0.4, -0.2) is 62.5 Å². The van der Waals surface area contributed by atoms with Crippen molar-refractivity contribution in [2.45, 2.75) is 52.6 Å².